The molecule has 5 fully saturated rings. The van der Waals surface area contributed by atoms with Gasteiger partial charge in [0.2, 0.25) is 0 Å². The molecule has 2 heterocycles. The molecule has 6 rings (SSSR count). The smallest absolute Gasteiger partial charge is 0.331 e. The second-order valence-electron chi connectivity index (χ2n) is 16.2. The minimum atomic E-state index is -1.79. The van der Waals surface area contributed by atoms with Gasteiger partial charge < -0.3 is 48.1 Å². The predicted octanol–water partition coefficient (Wildman–Crippen LogP) is 1.98. The summed E-state index contributed by atoms with van der Waals surface area (Å²) in [6.45, 7) is 8.41. The van der Waals surface area contributed by atoms with E-state index in [0.717, 1.165) is 19.4 Å². The van der Waals surface area contributed by atoms with Crippen LogP contribution < -0.4 is 0 Å². The van der Waals surface area contributed by atoms with Crippen molar-refractivity contribution in [1.82, 2.24) is 0 Å². The van der Waals surface area contributed by atoms with E-state index in [2.05, 4.69) is 0 Å². The molecule has 0 amide bonds. The van der Waals surface area contributed by atoms with Crippen LogP contribution in [-0.4, -0.2) is 114 Å². The average molecular weight is 765 g/mol. The molecule has 2 N–H and O–H groups in total. The molecule has 300 valence electrons. The zero-order valence-corrected chi connectivity index (χ0v) is 31.8. The molecule has 0 spiro atoms. The summed E-state index contributed by atoms with van der Waals surface area (Å²) in [4.78, 5) is 75.6. The van der Waals surface area contributed by atoms with E-state index in [9.17, 15) is 39.0 Å². The van der Waals surface area contributed by atoms with Crippen LogP contribution in [0.3, 0.4) is 0 Å². The van der Waals surface area contributed by atoms with Gasteiger partial charge in [-0.15, -0.1) is 0 Å². The molecule has 0 aromatic heterocycles. The summed E-state index contributed by atoms with van der Waals surface area (Å²) in [6.07, 6.45) is -4.79. The molecule has 0 aromatic rings. The van der Waals surface area contributed by atoms with Crippen LogP contribution in [0.15, 0.2) is 11.6 Å². The Hall–Kier alpha value is -3.60. The van der Waals surface area contributed by atoms with Crippen LogP contribution in [0.5, 0.6) is 0 Å². The molecule has 16 heteroatoms. The third-order valence-electron chi connectivity index (χ3n) is 13.3. The average Bonchev–Trinajstić information content (AvgIpc) is 3.62. The third kappa shape index (κ3) is 6.49. The maximum Gasteiger partial charge on any atom is 0.331 e. The van der Waals surface area contributed by atoms with Crippen molar-refractivity contribution in [3.05, 3.63) is 11.6 Å². The first-order valence-corrected chi connectivity index (χ1v) is 18.7. The van der Waals surface area contributed by atoms with E-state index in [1.165, 1.54) is 27.0 Å². The van der Waals surface area contributed by atoms with Gasteiger partial charge in [-0.2, -0.15) is 0 Å². The lowest BCUT2D eigenvalue weighted by Crippen LogP contribution is -2.74. The summed E-state index contributed by atoms with van der Waals surface area (Å²) in [5.74, 6) is -5.56. The molecule has 4 saturated carbocycles. The number of methoxy groups -OCH3 is 1. The van der Waals surface area contributed by atoms with Gasteiger partial charge in [-0.25, -0.2) is 4.79 Å². The third-order valence-corrected chi connectivity index (χ3v) is 13.3. The van der Waals surface area contributed by atoms with E-state index >= 15 is 0 Å². The molecule has 1 saturated heterocycles. The van der Waals surface area contributed by atoms with Crippen LogP contribution in [0.1, 0.15) is 92.9 Å². The summed E-state index contributed by atoms with van der Waals surface area (Å²) in [6, 6.07) is 0. The Bertz CT molecular complexity index is 1590. The topological polar surface area (TPSA) is 217 Å². The Kier molecular flexibility index (Phi) is 10.7. The number of fused-ring (bicyclic) bond motifs is 5. The second-order valence-corrected chi connectivity index (χ2v) is 16.2. The Labute approximate surface area is 313 Å². The highest BCUT2D eigenvalue weighted by Gasteiger charge is 2.77. The fraction of sp³-hybridized carbons (Fsp3) is 0.789. The van der Waals surface area contributed by atoms with Crippen LogP contribution in [-0.2, 0) is 66.7 Å². The number of carbonyl (C=O) groups is 6. The van der Waals surface area contributed by atoms with Crippen molar-refractivity contribution in [2.75, 3.05) is 13.7 Å². The Morgan fingerprint density at radius 1 is 0.815 bits per heavy atom. The highest BCUT2D eigenvalue weighted by Crippen LogP contribution is 2.71. The first kappa shape index (κ1) is 40.1. The molecule has 0 radical (unpaired) electrons. The SMILES string of the molecule is COC(=O)[C@]12CC[C@H](O[C@@H]3O[C@@H](C)[C@H](OC(C)=O)[C@@H](OC(C)=O)[C@H]3OC(C)=O)C[C@@]1(O)CC[C@@H]1[C@@H]2[C@H](OC(C)=O)C[C@]2(C)[C@@H](C3=CC(=O)OC3)CC[C@]12O. The normalized spacial score (nSPS) is 43.9. The highest BCUT2D eigenvalue weighted by atomic mass is 16.7. The lowest BCUT2D eigenvalue weighted by Gasteiger charge is -2.66. The Morgan fingerprint density at radius 2 is 1.44 bits per heavy atom. The summed E-state index contributed by atoms with van der Waals surface area (Å²) >= 11 is 0. The monoisotopic (exact) mass is 764 g/mol. The van der Waals surface area contributed by atoms with E-state index in [-0.39, 0.29) is 51.0 Å². The number of aliphatic hydroxyl groups is 2. The number of carbonyl (C=O) groups excluding carboxylic acids is 6. The largest absolute Gasteiger partial charge is 0.468 e. The lowest BCUT2D eigenvalue weighted by molar-refractivity contribution is -0.326. The van der Waals surface area contributed by atoms with Gasteiger partial charge in [0.25, 0.3) is 0 Å². The maximum absolute atomic E-state index is 14.3. The Morgan fingerprint density at radius 3 is 2.04 bits per heavy atom. The van der Waals surface area contributed by atoms with Crippen molar-refractivity contribution >= 4 is 35.8 Å². The minimum Gasteiger partial charge on any atom is -0.468 e. The Balaban J connectivity index is 1.34. The molecule has 0 aromatic carbocycles. The molecule has 16 nitrogen and oxygen atoms in total. The molecule has 14 atom stereocenters. The van der Waals surface area contributed by atoms with Crippen molar-refractivity contribution in [1.29, 1.82) is 0 Å². The van der Waals surface area contributed by atoms with Crippen LogP contribution in [0.25, 0.3) is 0 Å². The van der Waals surface area contributed by atoms with E-state index in [1.807, 2.05) is 6.92 Å². The van der Waals surface area contributed by atoms with Crippen molar-refractivity contribution in [2.45, 2.75) is 147 Å². The molecule has 54 heavy (non-hydrogen) atoms. The van der Waals surface area contributed by atoms with E-state index in [1.54, 1.807) is 6.92 Å². The van der Waals surface area contributed by atoms with Gasteiger partial charge in [-0.05, 0) is 69.3 Å². The van der Waals surface area contributed by atoms with E-state index in [0.29, 0.717) is 12.8 Å². The van der Waals surface area contributed by atoms with Gasteiger partial charge in [0.1, 0.15) is 18.1 Å². The number of cyclic esters (lactones) is 1. The van der Waals surface area contributed by atoms with Crippen molar-refractivity contribution in [3.63, 3.8) is 0 Å². The zero-order valence-electron chi connectivity index (χ0n) is 31.8. The number of rotatable bonds is 8. The van der Waals surface area contributed by atoms with Gasteiger partial charge in [-0.1, -0.05) is 6.92 Å². The van der Waals surface area contributed by atoms with Crippen LogP contribution in [0, 0.1) is 28.6 Å². The maximum atomic E-state index is 14.3. The minimum absolute atomic E-state index is 0.00738. The molecule has 0 unspecified atom stereocenters. The van der Waals surface area contributed by atoms with E-state index in [4.69, 9.17) is 37.9 Å². The van der Waals surface area contributed by atoms with Gasteiger partial charge in [0.15, 0.2) is 24.6 Å². The molecule has 0 bridgehead atoms. The summed E-state index contributed by atoms with van der Waals surface area (Å²) in [5.41, 5.74) is -4.86. The molecular formula is C38H52O16. The molecule has 6 aliphatic rings. The van der Waals surface area contributed by atoms with Crippen molar-refractivity contribution in [2.24, 2.45) is 28.6 Å². The highest BCUT2D eigenvalue weighted by molar-refractivity contribution is 5.85. The molecule has 2 aliphatic heterocycles. The van der Waals surface area contributed by atoms with Gasteiger partial charge in [-0.3, -0.25) is 24.0 Å². The number of esters is 6. The zero-order chi connectivity index (χ0) is 39.5. The fourth-order valence-corrected chi connectivity index (χ4v) is 11.4. The molecule has 4 aliphatic carbocycles. The predicted molar refractivity (Wildman–Crippen MR) is 180 cm³/mol. The van der Waals surface area contributed by atoms with Gasteiger partial charge in [0.05, 0.1) is 30.5 Å². The fourth-order valence-electron chi connectivity index (χ4n) is 11.4. The summed E-state index contributed by atoms with van der Waals surface area (Å²) in [5, 5.41) is 25.7. The van der Waals surface area contributed by atoms with Crippen LogP contribution in [0.4, 0.5) is 0 Å². The van der Waals surface area contributed by atoms with Gasteiger partial charge >= 0.3 is 35.8 Å². The van der Waals surface area contributed by atoms with Crippen molar-refractivity contribution in [3.8, 4) is 0 Å². The second kappa shape index (κ2) is 14.5. The van der Waals surface area contributed by atoms with Crippen LogP contribution >= 0.6 is 0 Å². The summed E-state index contributed by atoms with van der Waals surface area (Å²) in [7, 11) is 1.23. The number of hydrogen-bond acceptors (Lipinski definition) is 16. The van der Waals surface area contributed by atoms with E-state index < -0.39 is 113 Å². The first-order valence-electron chi connectivity index (χ1n) is 18.7. The molecular weight excluding hydrogens is 712 g/mol. The lowest BCUT2D eigenvalue weighted by atomic mass is 9.40. The van der Waals surface area contributed by atoms with Gasteiger partial charge in [0, 0.05) is 51.5 Å². The van der Waals surface area contributed by atoms with Crippen molar-refractivity contribution < 1.29 is 76.9 Å². The van der Waals surface area contributed by atoms with Crippen LogP contribution in [0.2, 0.25) is 0 Å². The number of hydrogen-bond donors (Lipinski definition) is 2. The number of ether oxygens (including phenoxy) is 8. The first-order chi connectivity index (χ1) is 25.3. The quantitative estimate of drug-likeness (QED) is 0.205. The summed E-state index contributed by atoms with van der Waals surface area (Å²) < 4.78 is 45.8. The standard InChI is InChI=1S/C38H52O16/c1-18-30(51-20(3)40)31(52-21(4)41)32(53-22(5)42)33(49-18)54-24-8-12-37(34(44)47-7)29-26(9-11-36(37,45)15-24)38(46)13-10-25(23-14-28(43)48-17-23)35(38,6)16-27(29)50-19(2)39/h14,18,24-27,29-33,45-46H,8-13,15-17H2,1-7H3/t18-,24-,25+,26+,27+,29+,30-,31+,32+,33-,35+,36-,37+,38-/m0/s1.